The summed E-state index contributed by atoms with van der Waals surface area (Å²) >= 11 is 0. The Labute approximate surface area is 118 Å². The predicted molar refractivity (Wildman–Crippen MR) is 70.8 cm³/mol. The number of hydrogen-bond donors (Lipinski definition) is 4. The van der Waals surface area contributed by atoms with E-state index in [4.69, 9.17) is 9.84 Å². The van der Waals surface area contributed by atoms with Gasteiger partial charge in [0.25, 0.3) is 0 Å². The molecule has 4 N–H and O–H groups in total. The minimum absolute atomic E-state index is 0.230. The van der Waals surface area contributed by atoms with Gasteiger partial charge in [-0.2, -0.15) is 0 Å². The highest BCUT2D eigenvalue weighted by Crippen LogP contribution is 2.24. The molecule has 5 unspecified atom stereocenters. The number of aliphatic hydroxyl groups is 3. The van der Waals surface area contributed by atoms with Crippen LogP contribution in [0.2, 0.25) is 0 Å². The monoisotopic (exact) mass is 291 g/mol. The fraction of sp³-hybridized carbons (Fsp3) is 0.923. The number of unbranched alkanes of at least 4 members (excludes halogenated alkanes) is 1. The zero-order valence-electron chi connectivity index (χ0n) is 12.0. The van der Waals surface area contributed by atoms with Gasteiger partial charge in [0.15, 0.2) is 0 Å². The van der Waals surface area contributed by atoms with Gasteiger partial charge >= 0.3 is 5.97 Å². The van der Waals surface area contributed by atoms with E-state index >= 15 is 0 Å². The van der Waals surface area contributed by atoms with Crippen LogP contribution in [0.3, 0.4) is 0 Å². The van der Waals surface area contributed by atoms with Crippen molar-refractivity contribution in [3.63, 3.8) is 0 Å². The third kappa shape index (κ3) is 4.68. The van der Waals surface area contributed by atoms with E-state index in [1.165, 1.54) is 7.11 Å². The van der Waals surface area contributed by atoms with Crippen LogP contribution in [0.4, 0.5) is 0 Å². The van der Waals surface area contributed by atoms with Crippen molar-refractivity contribution < 1.29 is 29.6 Å². The summed E-state index contributed by atoms with van der Waals surface area (Å²) in [6.07, 6.45) is -1.38. The molecule has 1 fully saturated rings. The number of carbonyl (C=O) groups is 1. The van der Waals surface area contributed by atoms with Crippen LogP contribution in [0.1, 0.15) is 26.2 Å². The molecule has 1 aliphatic heterocycles. The van der Waals surface area contributed by atoms with Crippen LogP contribution in [0.25, 0.3) is 0 Å². The quantitative estimate of drug-likeness (QED) is 0.352. The van der Waals surface area contributed by atoms with Crippen LogP contribution < -0.4 is 5.32 Å². The molecule has 0 amide bonds. The topological polar surface area (TPSA) is 108 Å². The second-order valence-electron chi connectivity index (χ2n) is 5.11. The average molecular weight is 291 g/mol. The molecule has 1 rings (SSSR count). The molecule has 0 spiro atoms. The van der Waals surface area contributed by atoms with Crippen molar-refractivity contribution in [2.24, 2.45) is 5.92 Å². The summed E-state index contributed by atoms with van der Waals surface area (Å²) in [4.78, 5) is 10.9. The summed E-state index contributed by atoms with van der Waals surface area (Å²) in [5, 5.41) is 31.8. The molecule has 0 aromatic heterocycles. The van der Waals surface area contributed by atoms with Crippen molar-refractivity contribution in [3.8, 4) is 0 Å². The molecule has 5 atom stereocenters. The predicted octanol–water partition coefficient (Wildman–Crippen LogP) is -1.01. The molecule has 20 heavy (non-hydrogen) atoms. The van der Waals surface area contributed by atoms with Crippen molar-refractivity contribution in [3.05, 3.63) is 0 Å². The van der Waals surface area contributed by atoms with Crippen molar-refractivity contribution in [2.45, 2.75) is 50.7 Å². The van der Waals surface area contributed by atoms with Crippen molar-refractivity contribution in [1.82, 2.24) is 5.32 Å². The second kappa shape index (κ2) is 8.53. The Morgan fingerprint density at radius 3 is 2.60 bits per heavy atom. The zero-order chi connectivity index (χ0) is 15.1. The lowest BCUT2D eigenvalue weighted by Gasteiger charge is -2.41. The van der Waals surface area contributed by atoms with Gasteiger partial charge in [-0.1, -0.05) is 6.92 Å². The number of methoxy groups -OCH3 is 1. The highest BCUT2D eigenvalue weighted by Gasteiger charge is 2.41. The SMILES string of the molecule is COC(=O)CCCCNC1OC(CO)C(O)C(O)C1C. The van der Waals surface area contributed by atoms with E-state index in [9.17, 15) is 15.0 Å². The van der Waals surface area contributed by atoms with Crippen LogP contribution in [0, 0.1) is 5.92 Å². The van der Waals surface area contributed by atoms with Crippen LogP contribution in [-0.4, -0.2) is 66.1 Å². The molecule has 0 radical (unpaired) electrons. The van der Waals surface area contributed by atoms with Crippen LogP contribution >= 0.6 is 0 Å². The Kier molecular flexibility index (Phi) is 7.39. The van der Waals surface area contributed by atoms with Gasteiger partial charge in [-0.05, 0) is 19.4 Å². The standard InChI is InChI=1S/C13H25NO6/c1-8-11(17)12(18)9(7-15)20-13(8)14-6-4-3-5-10(16)19-2/h8-9,11-15,17-18H,3-7H2,1-2H3. The molecule has 1 aliphatic rings. The minimum atomic E-state index is -1.08. The van der Waals surface area contributed by atoms with Crippen LogP contribution in [-0.2, 0) is 14.3 Å². The fourth-order valence-corrected chi connectivity index (χ4v) is 2.23. The molecule has 1 saturated heterocycles. The maximum Gasteiger partial charge on any atom is 0.305 e. The summed E-state index contributed by atoms with van der Waals surface area (Å²) < 4.78 is 10.1. The van der Waals surface area contributed by atoms with E-state index < -0.39 is 24.5 Å². The van der Waals surface area contributed by atoms with Crippen molar-refractivity contribution >= 4 is 5.97 Å². The summed E-state index contributed by atoms with van der Waals surface area (Å²) in [5.41, 5.74) is 0. The minimum Gasteiger partial charge on any atom is -0.469 e. The van der Waals surface area contributed by atoms with Gasteiger partial charge in [-0.15, -0.1) is 0 Å². The number of carbonyl (C=O) groups excluding carboxylic acids is 1. The summed E-state index contributed by atoms with van der Waals surface area (Å²) in [6.45, 7) is 2.05. The number of nitrogens with one attached hydrogen (secondary N) is 1. The lowest BCUT2D eigenvalue weighted by atomic mass is 9.91. The first-order chi connectivity index (χ1) is 9.51. The maximum atomic E-state index is 10.9. The van der Waals surface area contributed by atoms with Crippen LogP contribution in [0.15, 0.2) is 0 Å². The van der Waals surface area contributed by atoms with Gasteiger partial charge < -0.3 is 24.8 Å². The zero-order valence-corrected chi connectivity index (χ0v) is 12.0. The Hall–Kier alpha value is -0.730. The Bertz CT molecular complexity index is 299. The molecule has 0 bridgehead atoms. The third-order valence-electron chi connectivity index (χ3n) is 3.63. The Balaban J connectivity index is 2.30. The van der Waals surface area contributed by atoms with Gasteiger partial charge in [0, 0.05) is 12.3 Å². The average Bonchev–Trinajstić information content (AvgIpc) is 2.46. The van der Waals surface area contributed by atoms with Gasteiger partial charge in [0.2, 0.25) is 0 Å². The first-order valence-corrected chi connectivity index (χ1v) is 6.94. The van der Waals surface area contributed by atoms with E-state index in [2.05, 4.69) is 10.1 Å². The van der Waals surface area contributed by atoms with Crippen molar-refractivity contribution in [1.29, 1.82) is 0 Å². The fourth-order valence-electron chi connectivity index (χ4n) is 2.23. The molecule has 118 valence electrons. The summed E-state index contributed by atoms with van der Waals surface area (Å²) in [7, 11) is 1.36. The smallest absolute Gasteiger partial charge is 0.305 e. The number of rotatable bonds is 7. The summed E-state index contributed by atoms with van der Waals surface area (Å²) in [6, 6.07) is 0. The highest BCUT2D eigenvalue weighted by molar-refractivity contribution is 5.68. The largest absolute Gasteiger partial charge is 0.469 e. The van der Waals surface area contributed by atoms with Gasteiger partial charge in [-0.3, -0.25) is 10.1 Å². The van der Waals surface area contributed by atoms with Gasteiger partial charge in [0.05, 0.1) is 19.8 Å². The number of hydrogen-bond acceptors (Lipinski definition) is 7. The first kappa shape index (κ1) is 17.3. The van der Waals surface area contributed by atoms with E-state index in [-0.39, 0.29) is 18.5 Å². The Morgan fingerprint density at radius 2 is 2.00 bits per heavy atom. The number of ether oxygens (including phenoxy) is 2. The molecule has 0 aliphatic carbocycles. The molecule has 7 heteroatoms. The van der Waals surface area contributed by atoms with E-state index in [0.717, 1.165) is 6.42 Å². The van der Waals surface area contributed by atoms with Crippen LogP contribution in [0.5, 0.6) is 0 Å². The molecule has 0 aromatic carbocycles. The third-order valence-corrected chi connectivity index (χ3v) is 3.63. The highest BCUT2D eigenvalue weighted by atomic mass is 16.5. The molecule has 7 nitrogen and oxygen atoms in total. The lowest BCUT2D eigenvalue weighted by molar-refractivity contribution is -0.212. The van der Waals surface area contributed by atoms with E-state index in [1.807, 2.05) is 0 Å². The number of esters is 1. The second-order valence-corrected chi connectivity index (χ2v) is 5.11. The molecular weight excluding hydrogens is 266 g/mol. The molecule has 1 heterocycles. The first-order valence-electron chi connectivity index (χ1n) is 6.94. The molecular formula is C13H25NO6. The van der Waals surface area contributed by atoms with E-state index in [0.29, 0.717) is 19.4 Å². The van der Waals surface area contributed by atoms with Gasteiger partial charge in [0.1, 0.15) is 18.4 Å². The van der Waals surface area contributed by atoms with Gasteiger partial charge in [-0.25, -0.2) is 0 Å². The summed E-state index contributed by atoms with van der Waals surface area (Å²) in [5.74, 6) is -0.514. The van der Waals surface area contributed by atoms with E-state index in [1.54, 1.807) is 6.92 Å². The number of aliphatic hydroxyl groups excluding tert-OH is 3. The lowest BCUT2D eigenvalue weighted by Crippen LogP contribution is -2.58. The normalized spacial score (nSPS) is 34.0. The maximum absolute atomic E-state index is 10.9. The molecule has 0 aromatic rings. The van der Waals surface area contributed by atoms with Crippen molar-refractivity contribution in [2.75, 3.05) is 20.3 Å². The Morgan fingerprint density at radius 1 is 1.30 bits per heavy atom. The molecule has 0 saturated carbocycles.